The molecule has 3 rings (SSSR count). The molecule has 1 aliphatic heterocycles. The quantitative estimate of drug-likeness (QED) is 0.761. The number of hydrogen-bond acceptors (Lipinski definition) is 2. The third kappa shape index (κ3) is 2.08. The van der Waals surface area contributed by atoms with Gasteiger partial charge in [0.2, 0.25) is 0 Å². The highest BCUT2D eigenvalue weighted by Crippen LogP contribution is 2.36. The number of nitrogens with zero attached hydrogens (tertiary/aromatic N) is 2. The normalized spacial score (nSPS) is 17.9. The smallest absolute Gasteiger partial charge is 0.129 e. The van der Waals surface area contributed by atoms with Gasteiger partial charge in [0.1, 0.15) is 5.15 Å². The van der Waals surface area contributed by atoms with Crippen molar-refractivity contribution in [1.82, 2.24) is 4.98 Å². The summed E-state index contributed by atoms with van der Waals surface area (Å²) in [6.45, 7) is 4.24. The van der Waals surface area contributed by atoms with E-state index in [4.69, 9.17) is 11.6 Å². The topological polar surface area (TPSA) is 16.1 Å². The summed E-state index contributed by atoms with van der Waals surface area (Å²) in [4.78, 5) is 6.43. The molecule has 18 heavy (non-hydrogen) atoms. The van der Waals surface area contributed by atoms with Crippen LogP contribution in [-0.2, 0) is 6.54 Å². The van der Waals surface area contributed by atoms with Crippen molar-refractivity contribution in [1.29, 1.82) is 0 Å². The second-order valence-electron chi connectivity index (χ2n) is 4.83. The van der Waals surface area contributed by atoms with Gasteiger partial charge < -0.3 is 4.90 Å². The van der Waals surface area contributed by atoms with Crippen molar-refractivity contribution in [2.45, 2.75) is 19.4 Å². The van der Waals surface area contributed by atoms with Crippen LogP contribution in [0.25, 0.3) is 0 Å². The monoisotopic (exact) mass is 258 g/mol. The number of hydrogen-bond donors (Lipinski definition) is 0. The molecule has 3 heteroatoms. The van der Waals surface area contributed by atoms with Crippen molar-refractivity contribution in [3.8, 4) is 0 Å². The zero-order valence-electron chi connectivity index (χ0n) is 10.3. The molecule has 1 aromatic carbocycles. The first-order valence-electron chi connectivity index (χ1n) is 6.18. The highest BCUT2D eigenvalue weighted by molar-refractivity contribution is 6.29. The fourth-order valence-corrected chi connectivity index (χ4v) is 2.83. The molecule has 92 valence electrons. The van der Waals surface area contributed by atoms with Gasteiger partial charge in [0.15, 0.2) is 0 Å². The van der Waals surface area contributed by atoms with Gasteiger partial charge in [0.25, 0.3) is 0 Å². The van der Waals surface area contributed by atoms with E-state index in [1.165, 1.54) is 16.8 Å². The van der Waals surface area contributed by atoms with E-state index < -0.39 is 0 Å². The largest absolute Gasteiger partial charge is 0.366 e. The van der Waals surface area contributed by atoms with E-state index in [9.17, 15) is 0 Å². The summed E-state index contributed by atoms with van der Waals surface area (Å²) in [5.74, 6) is 0.596. The molecular formula is C15H15ClN2. The molecule has 0 bridgehead atoms. The van der Waals surface area contributed by atoms with Gasteiger partial charge >= 0.3 is 0 Å². The Balaban J connectivity index is 1.87. The molecule has 0 spiro atoms. The zero-order valence-corrected chi connectivity index (χ0v) is 11.1. The molecule has 0 saturated heterocycles. The first-order chi connectivity index (χ1) is 8.74. The van der Waals surface area contributed by atoms with Crippen LogP contribution in [0.5, 0.6) is 0 Å². The van der Waals surface area contributed by atoms with Crippen molar-refractivity contribution in [3.05, 3.63) is 58.9 Å². The van der Waals surface area contributed by atoms with Gasteiger partial charge in [-0.05, 0) is 29.3 Å². The predicted octanol–water partition coefficient (Wildman–Crippen LogP) is 3.86. The van der Waals surface area contributed by atoms with Gasteiger partial charge in [-0.3, -0.25) is 0 Å². The first kappa shape index (κ1) is 11.5. The van der Waals surface area contributed by atoms with Crippen molar-refractivity contribution in [2.24, 2.45) is 0 Å². The Kier molecular flexibility index (Phi) is 2.96. The fraction of sp³-hybridized carbons (Fsp3) is 0.267. The van der Waals surface area contributed by atoms with Gasteiger partial charge in [0.05, 0.1) is 0 Å². The minimum atomic E-state index is 0.563. The number of anilines is 1. The SMILES string of the molecule is CC1CN(Cc2ccnc(Cl)c2)c2ccccc21. The van der Waals surface area contributed by atoms with E-state index >= 15 is 0 Å². The van der Waals surface area contributed by atoms with Crippen LogP contribution < -0.4 is 4.90 Å². The van der Waals surface area contributed by atoms with E-state index in [1.54, 1.807) is 6.20 Å². The van der Waals surface area contributed by atoms with E-state index in [-0.39, 0.29) is 0 Å². The maximum Gasteiger partial charge on any atom is 0.129 e. The molecule has 1 atom stereocenters. The van der Waals surface area contributed by atoms with E-state index in [1.807, 2.05) is 12.1 Å². The molecule has 1 aromatic heterocycles. The molecule has 1 aliphatic rings. The Morgan fingerprint density at radius 1 is 1.33 bits per heavy atom. The lowest BCUT2D eigenvalue weighted by molar-refractivity contribution is 0.745. The number of para-hydroxylation sites is 1. The number of pyridine rings is 1. The second-order valence-corrected chi connectivity index (χ2v) is 5.21. The molecule has 0 saturated carbocycles. The first-order valence-corrected chi connectivity index (χ1v) is 6.56. The summed E-state index contributed by atoms with van der Waals surface area (Å²) in [6.07, 6.45) is 1.77. The highest BCUT2D eigenvalue weighted by atomic mass is 35.5. The number of fused-ring (bicyclic) bond motifs is 1. The Labute approximate surface area is 112 Å². The molecule has 2 aromatic rings. The number of halogens is 1. The van der Waals surface area contributed by atoms with Crippen LogP contribution in [0.2, 0.25) is 5.15 Å². The summed E-state index contributed by atoms with van der Waals surface area (Å²) >= 11 is 5.93. The maximum absolute atomic E-state index is 5.93. The molecule has 2 nitrogen and oxygen atoms in total. The van der Waals surface area contributed by atoms with Crippen molar-refractivity contribution >= 4 is 17.3 Å². The number of benzene rings is 1. The third-order valence-electron chi connectivity index (χ3n) is 3.47. The maximum atomic E-state index is 5.93. The number of rotatable bonds is 2. The van der Waals surface area contributed by atoms with E-state index in [0.717, 1.165) is 13.1 Å². The lowest BCUT2D eigenvalue weighted by Gasteiger charge is -2.19. The minimum Gasteiger partial charge on any atom is -0.366 e. The third-order valence-corrected chi connectivity index (χ3v) is 3.67. The molecule has 2 heterocycles. The van der Waals surface area contributed by atoms with Gasteiger partial charge in [-0.2, -0.15) is 0 Å². The van der Waals surface area contributed by atoms with Crippen LogP contribution in [0.15, 0.2) is 42.6 Å². The predicted molar refractivity (Wildman–Crippen MR) is 75.2 cm³/mol. The van der Waals surface area contributed by atoms with E-state index in [0.29, 0.717) is 11.1 Å². The van der Waals surface area contributed by atoms with Crippen LogP contribution in [0, 0.1) is 0 Å². The van der Waals surface area contributed by atoms with Crippen LogP contribution in [0.3, 0.4) is 0 Å². The summed E-state index contributed by atoms with van der Waals surface area (Å²) in [6, 6.07) is 12.6. The van der Waals surface area contributed by atoms with Crippen molar-refractivity contribution in [2.75, 3.05) is 11.4 Å². The molecule has 0 amide bonds. The van der Waals surface area contributed by atoms with Gasteiger partial charge in [-0.15, -0.1) is 0 Å². The lowest BCUT2D eigenvalue weighted by atomic mass is 10.0. The lowest BCUT2D eigenvalue weighted by Crippen LogP contribution is -2.20. The van der Waals surface area contributed by atoms with Crippen LogP contribution in [-0.4, -0.2) is 11.5 Å². The standard InChI is InChI=1S/C15H15ClN2/c1-11-9-18(14-5-3-2-4-13(11)14)10-12-6-7-17-15(16)8-12/h2-8,11H,9-10H2,1H3. The summed E-state index contributed by atoms with van der Waals surface area (Å²) in [7, 11) is 0. The van der Waals surface area contributed by atoms with Crippen LogP contribution in [0.4, 0.5) is 5.69 Å². The van der Waals surface area contributed by atoms with Crippen LogP contribution >= 0.6 is 11.6 Å². The zero-order chi connectivity index (χ0) is 12.5. The van der Waals surface area contributed by atoms with Crippen molar-refractivity contribution in [3.63, 3.8) is 0 Å². The summed E-state index contributed by atoms with van der Waals surface area (Å²) < 4.78 is 0. The Hall–Kier alpha value is -1.54. The average Bonchev–Trinajstić information content (AvgIpc) is 2.67. The molecule has 0 aliphatic carbocycles. The van der Waals surface area contributed by atoms with Gasteiger partial charge in [0, 0.05) is 30.9 Å². The number of aromatic nitrogens is 1. The molecular weight excluding hydrogens is 244 g/mol. The summed E-state index contributed by atoms with van der Waals surface area (Å²) in [5.41, 5.74) is 3.99. The minimum absolute atomic E-state index is 0.563. The molecule has 1 unspecified atom stereocenters. The van der Waals surface area contributed by atoms with Crippen LogP contribution in [0.1, 0.15) is 24.0 Å². The molecule has 0 fully saturated rings. The molecule has 0 radical (unpaired) electrons. The average molecular weight is 259 g/mol. The Bertz CT molecular complexity index is 568. The van der Waals surface area contributed by atoms with Gasteiger partial charge in [-0.1, -0.05) is 36.7 Å². The molecule has 0 N–H and O–H groups in total. The second kappa shape index (κ2) is 4.62. The summed E-state index contributed by atoms with van der Waals surface area (Å²) in [5, 5.41) is 0.563. The van der Waals surface area contributed by atoms with Gasteiger partial charge in [-0.25, -0.2) is 4.98 Å². The Morgan fingerprint density at radius 2 is 2.17 bits per heavy atom. The highest BCUT2D eigenvalue weighted by Gasteiger charge is 2.24. The van der Waals surface area contributed by atoms with E-state index in [2.05, 4.69) is 41.1 Å². The van der Waals surface area contributed by atoms with Crippen molar-refractivity contribution < 1.29 is 0 Å². The Morgan fingerprint density at radius 3 is 3.00 bits per heavy atom. The fourth-order valence-electron chi connectivity index (χ4n) is 2.63.